The van der Waals surface area contributed by atoms with E-state index in [4.69, 9.17) is 10.8 Å². The summed E-state index contributed by atoms with van der Waals surface area (Å²) in [6.07, 6.45) is 1.71. The molecule has 0 saturated heterocycles. The van der Waals surface area contributed by atoms with Gasteiger partial charge in [-0.3, -0.25) is 0 Å². The SMILES string of the molecule is Cc1nn(-c2cccc(F)c2)cc1C(N)CO. The Hall–Kier alpha value is -1.72. The zero-order valence-electron chi connectivity index (χ0n) is 9.47. The fourth-order valence-corrected chi connectivity index (χ4v) is 1.69. The van der Waals surface area contributed by atoms with E-state index >= 15 is 0 Å². The third kappa shape index (κ3) is 2.35. The minimum Gasteiger partial charge on any atom is -0.394 e. The highest BCUT2D eigenvalue weighted by atomic mass is 19.1. The number of aliphatic hydroxyl groups excluding tert-OH is 1. The highest BCUT2D eigenvalue weighted by molar-refractivity contribution is 5.34. The lowest BCUT2D eigenvalue weighted by Gasteiger charge is -2.04. The zero-order chi connectivity index (χ0) is 12.4. The van der Waals surface area contributed by atoms with Crippen LogP contribution in [0.1, 0.15) is 17.3 Å². The molecule has 0 saturated carbocycles. The van der Waals surface area contributed by atoms with Crippen LogP contribution in [0.25, 0.3) is 5.69 Å². The third-order valence-electron chi connectivity index (χ3n) is 2.61. The fraction of sp³-hybridized carbons (Fsp3) is 0.250. The highest BCUT2D eigenvalue weighted by Crippen LogP contribution is 2.17. The van der Waals surface area contributed by atoms with Gasteiger partial charge in [0.2, 0.25) is 0 Å². The van der Waals surface area contributed by atoms with Crippen molar-refractivity contribution in [1.29, 1.82) is 0 Å². The molecule has 5 heteroatoms. The summed E-state index contributed by atoms with van der Waals surface area (Å²) in [5.41, 5.74) is 7.86. The number of halogens is 1. The lowest BCUT2D eigenvalue weighted by atomic mass is 10.1. The molecular formula is C12H14FN3O. The number of aryl methyl sites for hydroxylation is 1. The van der Waals surface area contributed by atoms with Gasteiger partial charge < -0.3 is 10.8 Å². The topological polar surface area (TPSA) is 64.1 Å². The molecule has 0 radical (unpaired) electrons. The molecule has 1 atom stereocenters. The predicted octanol–water partition coefficient (Wildman–Crippen LogP) is 1.31. The van der Waals surface area contributed by atoms with Crippen LogP contribution in [0.3, 0.4) is 0 Å². The van der Waals surface area contributed by atoms with Crippen LogP contribution in [0.5, 0.6) is 0 Å². The predicted molar refractivity (Wildman–Crippen MR) is 62.3 cm³/mol. The molecular weight excluding hydrogens is 221 g/mol. The summed E-state index contributed by atoms with van der Waals surface area (Å²) in [5.74, 6) is -0.316. The Labute approximate surface area is 98.5 Å². The normalized spacial score (nSPS) is 12.7. The summed E-state index contributed by atoms with van der Waals surface area (Å²) in [7, 11) is 0. The Morgan fingerprint density at radius 3 is 2.94 bits per heavy atom. The molecule has 1 aromatic heterocycles. The molecule has 1 aromatic carbocycles. The van der Waals surface area contributed by atoms with Crippen molar-refractivity contribution in [2.45, 2.75) is 13.0 Å². The van der Waals surface area contributed by atoms with Gasteiger partial charge in [-0.05, 0) is 25.1 Å². The van der Waals surface area contributed by atoms with Crippen molar-refractivity contribution in [3.8, 4) is 5.69 Å². The number of hydrogen-bond acceptors (Lipinski definition) is 3. The van der Waals surface area contributed by atoms with Crippen molar-refractivity contribution in [2.24, 2.45) is 5.73 Å². The number of aliphatic hydroxyl groups is 1. The zero-order valence-corrected chi connectivity index (χ0v) is 9.47. The molecule has 17 heavy (non-hydrogen) atoms. The van der Waals surface area contributed by atoms with Gasteiger partial charge in [-0.25, -0.2) is 9.07 Å². The van der Waals surface area contributed by atoms with Gasteiger partial charge in [0.15, 0.2) is 0 Å². The second-order valence-electron chi connectivity index (χ2n) is 3.88. The molecule has 0 amide bonds. The minimum atomic E-state index is -0.461. The molecule has 2 aromatic rings. The Balaban J connectivity index is 2.41. The third-order valence-corrected chi connectivity index (χ3v) is 2.61. The van der Waals surface area contributed by atoms with Crippen LogP contribution in [0.2, 0.25) is 0 Å². The summed E-state index contributed by atoms with van der Waals surface area (Å²) in [6, 6.07) is 5.68. The average Bonchev–Trinajstić information content (AvgIpc) is 2.70. The minimum absolute atomic E-state index is 0.143. The second-order valence-corrected chi connectivity index (χ2v) is 3.88. The lowest BCUT2D eigenvalue weighted by Crippen LogP contribution is -2.14. The molecule has 90 valence electrons. The molecule has 0 aliphatic rings. The van der Waals surface area contributed by atoms with Gasteiger partial charge in [-0.1, -0.05) is 6.07 Å². The smallest absolute Gasteiger partial charge is 0.125 e. The average molecular weight is 235 g/mol. The first kappa shape index (κ1) is 11.8. The number of rotatable bonds is 3. The molecule has 0 fully saturated rings. The summed E-state index contributed by atoms with van der Waals surface area (Å²) in [6.45, 7) is 1.66. The van der Waals surface area contributed by atoms with Gasteiger partial charge in [0.05, 0.1) is 24.0 Å². The number of hydrogen-bond donors (Lipinski definition) is 2. The van der Waals surface area contributed by atoms with Gasteiger partial charge in [0.25, 0.3) is 0 Å². The van der Waals surface area contributed by atoms with Crippen LogP contribution in [-0.4, -0.2) is 21.5 Å². The van der Waals surface area contributed by atoms with E-state index in [0.717, 1.165) is 11.3 Å². The maximum Gasteiger partial charge on any atom is 0.125 e. The second kappa shape index (κ2) is 4.65. The lowest BCUT2D eigenvalue weighted by molar-refractivity contribution is 0.267. The molecule has 0 bridgehead atoms. The largest absolute Gasteiger partial charge is 0.394 e. The first-order chi connectivity index (χ1) is 8.11. The quantitative estimate of drug-likeness (QED) is 0.843. The number of benzene rings is 1. The van der Waals surface area contributed by atoms with Crippen molar-refractivity contribution in [2.75, 3.05) is 6.61 Å². The molecule has 0 spiro atoms. The molecule has 0 aliphatic heterocycles. The molecule has 1 heterocycles. The van der Waals surface area contributed by atoms with Crippen LogP contribution in [0.15, 0.2) is 30.5 Å². The van der Waals surface area contributed by atoms with Gasteiger partial charge in [0, 0.05) is 11.8 Å². The highest BCUT2D eigenvalue weighted by Gasteiger charge is 2.12. The Kier molecular flexibility index (Phi) is 3.21. The van der Waals surface area contributed by atoms with Gasteiger partial charge >= 0.3 is 0 Å². The summed E-state index contributed by atoms with van der Waals surface area (Å²) in [4.78, 5) is 0. The van der Waals surface area contributed by atoms with Crippen LogP contribution < -0.4 is 5.73 Å². The maximum absolute atomic E-state index is 13.1. The molecule has 4 nitrogen and oxygen atoms in total. The Morgan fingerprint density at radius 1 is 1.53 bits per heavy atom. The van der Waals surface area contributed by atoms with Crippen LogP contribution >= 0.6 is 0 Å². The van der Waals surface area contributed by atoms with E-state index in [0.29, 0.717) is 5.69 Å². The first-order valence-electron chi connectivity index (χ1n) is 5.30. The number of nitrogens with two attached hydrogens (primary N) is 1. The molecule has 0 aliphatic carbocycles. The Morgan fingerprint density at radius 2 is 2.29 bits per heavy atom. The van der Waals surface area contributed by atoms with Crippen molar-refractivity contribution < 1.29 is 9.50 Å². The van der Waals surface area contributed by atoms with Crippen LogP contribution in [-0.2, 0) is 0 Å². The van der Waals surface area contributed by atoms with Crippen molar-refractivity contribution in [3.05, 3.63) is 47.5 Å². The van der Waals surface area contributed by atoms with E-state index in [-0.39, 0.29) is 12.4 Å². The van der Waals surface area contributed by atoms with E-state index < -0.39 is 6.04 Å². The summed E-state index contributed by atoms with van der Waals surface area (Å²) < 4.78 is 14.6. The standard InChI is InChI=1S/C12H14FN3O/c1-8-11(12(14)7-17)6-16(15-8)10-4-2-3-9(13)5-10/h2-6,12,17H,7,14H2,1H3. The fourth-order valence-electron chi connectivity index (χ4n) is 1.69. The van der Waals surface area contributed by atoms with Gasteiger partial charge in [0.1, 0.15) is 5.82 Å². The van der Waals surface area contributed by atoms with Gasteiger partial charge in [-0.2, -0.15) is 5.10 Å². The van der Waals surface area contributed by atoms with Crippen LogP contribution in [0, 0.1) is 12.7 Å². The van der Waals surface area contributed by atoms with Crippen molar-refractivity contribution >= 4 is 0 Å². The molecule has 2 rings (SSSR count). The number of nitrogens with zero attached hydrogens (tertiary/aromatic N) is 2. The van der Waals surface area contributed by atoms with Crippen molar-refractivity contribution in [1.82, 2.24) is 9.78 Å². The van der Waals surface area contributed by atoms with Crippen LogP contribution in [0.4, 0.5) is 4.39 Å². The monoisotopic (exact) mass is 235 g/mol. The van der Waals surface area contributed by atoms with E-state index in [1.807, 2.05) is 0 Å². The van der Waals surface area contributed by atoms with E-state index in [1.54, 1.807) is 29.9 Å². The van der Waals surface area contributed by atoms with Gasteiger partial charge in [-0.15, -0.1) is 0 Å². The van der Waals surface area contributed by atoms with E-state index in [2.05, 4.69) is 5.10 Å². The van der Waals surface area contributed by atoms with Crippen molar-refractivity contribution in [3.63, 3.8) is 0 Å². The summed E-state index contributed by atoms with van der Waals surface area (Å²) in [5, 5.41) is 13.3. The molecule has 3 N–H and O–H groups in total. The summed E-state index contributed by atoms with van der Waals surface area (Å²) >= 11 is 0. The molecule has 1 unspecified atom stereocenters. The number of aromatic nitrogens is 2. The van der Waals surface area contributed by atoms with E-state index in [9.17, 15) is 4.39 Å². The first-order valence-corrected chi connectivity index (χ1v) is 5.30. The maximum atomic E-state index is 13.1. The Bertz CT molecular complexity index is 524. The van der Waals surface area contributed by atoms with E-state index in [1.165, 1.54) is 12.1 Å².